The molecule has 0 bridgehead atoms. The number of benzene rings is 2. The van der Waals surface area contributed by atoms with Crippen molar-refractivity contribution in [2.24, 2.45) is 0 Å². The second-order valence-corrected chi connectivity index (χ2v) is 4.93. The molecule has 0 atom stereocenters. The Morgan fingerprint density at radius 1 is 0.955 bits per heavy atom. The van der Waals surface area contributed by atoms with E-state index in [1.165, 1.54) is 0 Å². The number of aromatic nitrogens is 4. The van der Waals surface area contributed by atoms with Gasteiger partial charge in [0.05, 0.1) is 17.4 Å². The van der Waals surface area contributed by atoms with E-state index in [4.69, 9.17) is 0 Å². The highest BCUT2D eigenvalue weighted by atomic mass is 15.1. The van der Waals surface area contributed by atoms with Gasteiger partial charge in [0.2, 0.25) is 5.95 Å². The van der Waals surface area contributed by atoms with Gasteiger partial charge in [0.1, 0.15) is 0 Å². The van der Waals surface area contributed by atoms with E-state index in [9.17, 15) is 0 Å². The molecule has 0 fully saturated rings. The van der Waals surface area contributed by atoms with Crippen LogP contribution in [0, 0.1) is 0 Å². The van der Waals surface area contributed by atoms with Crippen LogP contribution in [0.5, 0.6) is 0 Å². The summed E-state index contributed by atoms with van der Waals surface area (Å²) in [6, 6.07) is 17.9. The van der Waals surface area contributed by atoms with Crippen LogP contribution in [0.2, 0.25) is 0 Å². The number of nitrogens with zero attached hydrogens (tertiary/aromatic N) is 3. The van der Waals surface area contributed by atoms with Crippen molar-refractivity contribution in [3.63, 3.8) is 0 Å². The number of aromatic amines is 1. The van der Waals surface area contributed by atoms with Crippen LogP contribution in [0.3, 0.4) is 0 Å². The molecule has 22 heavy (non-hydrogen) atoms. The third kappa shape index (κ3) is 2.40. The minimum absolute atomic E-state index is 0.570. The molecule has 0 saturated heterocycles. The Morgan fingerprint density at radius 3 is 2.77 bits per heavy atom. The lowest BCUT2D eigenvalue weighted by atomic mass is 10.1. The van der Waals surface area contributed by atoms with Crippen molar-refractivity contribution >= 4 is 22.5 Å². The van der Waals surface area contributed by atoms with Crippen LogP contribution in [-0.2, 0) is 0 Å². The fourth-order valence-electron chi connectivity index (χ4n) is 2.33. The van der Waals surface area contributed by atoms with Crippen LogP contribution >= 0.6 is 0 Å². The van der Waals surface area contributed by atoms with Gasteiger partial charge in [-0.25, -0.2) is 9.97 Å². The zero-order valence-corrected chi connectivity index (χ0v) is 11.7. The average molecular weight is 287 g/mol. The molecule has 0 amide bonds. The van der Waals surface area contributed by atoms with Crippen molar-refractivity contribution in [2.45, 2.75) is 0 Å². The zero-order valence-electron chi connectivity index (χ0n) is 11.7. The molecule has 0 aliphatic rings. The van der Waals surface area contributed by atoms with E-state index in [1.54, 1.807) is 12.4 Å². The third-order valence-corrected chi connectivity index (χ3v) is 3.42. The minimum Gasteiger partial charge on any atom is -0.324 e. The molecule has 4 rings (SSSR count). The molecule has 2 aromatic carbocycles. The van der Waals surface area contributed by atoms with Crippen LogP contribution in [-0.4, -0.2) is 20.2 Å². The van der Waals surface area contributed by atoms with Crippen LogP contribution in [0.4, 0.5) is 11.6 Å². The van der Waals surface area contributed by atoms with Crippen molar-refractivity contribution in [1.29, 1.82) is 0 Å². The van der Waals surface area contributed by atoms with Crippen LogP contribution in [0.25, 0.3) is 22.2 Å². The van der Waals surface area contributed by atoms with Gasteiger partial charge >= 0.3 is 0 Å². The van der Waals surface area contributed by atoms with Crippen molar-refractivity contribution in [2.75, 3.05) is 5.32 Å². The first-order valence-corrected chi connectivity index (χ1v) is 6.97. The summed E-state index contributed by atoms with van der Waals surface area (Å²) in [5.41, 5.74) is 3.85. The van der Waals surface area contributed by atoms with E-state index >= 15 is 0 Å². The summed E-state index contributed by atoms with van der Waals surface area (Å²) in [5, 5.41) is 11.3. The highest BCUT2D eigenvalue weighted by molar-refractivity contribution is 5.82. The van der Waals surface area contributed by atoms with E-state index in [0.717, 1.165) is 27.8 Å². The highest BCUT2D eigenvalue weighted by Crippen LogP contribution is 2.21. The average Bonchev–Trinajstić information content (AvgIpc) is 3.04. The highest BCUT2D eigenvalue weighted by Gasteiger charge is 2.03. The number of anilines is 2. The van der Waals surface area contributed by atoms with E-state index < -0.39 is 0 Å². The molecule has 2 heterocycles. The topological polar surface area (TPSA) is 66.5 Å². The van der Waals surface area contributed by atoms with Crippen molar-refractivity contribution in [1.82, 2.24) is 20.2 Å². The number of rotatable bonds is 3. The number of H-pyrrole nitrogens is 1. The van der Waals surface area contributed by atoms with Gasteiger partial charge in [-0.15, -0.1) is 0 Å². The Labute approximate surface area is 127 Å². The normalized spacial score (nSPS) is 10.7. The summed E-state index contributed by atoms with van der Waals surface area (Å²) in [6.07, 6.45) is 3.55. The number of fused-ring (bicyclic) bond motifs is 1. The van der Waals surface area contributed by atoms with Gasteiger partial charge in [-0.05, 0) is 24.3 Å². The van der Waals surface area contributed by atoms with Crippen LogP contribution in [0.1, 0.15) is 0 Å². The van der Waals surface area contributed by atoms with E-state index in [-0.39, 0.29) is 0 Å². The van der Waals surface area contributed by atoms with Crippen molar-refractivity contribution in [3.8, 4) is 11.3 Å². The lowest BCUT2D eigenvalue weighted by molar-refractivity contribution is 1.12. The predicted molar refractivity (Wildman–Crippen MR) is 86.8 cm³/mol. The first-order chi connectivity index (χ1) is 10.9. The van der Waals surface area contributed by atoms with E-state index in [1.807, 2.05) is 54.6 Å². The third-order valence-electron chi connectivity index (χ3n) is 3.42. The first kappa shape index (κ1) is 12.5. The Balaban J connectivity index is 1.65. The molecule has 0 saturated carbocycles. The number of hydrogen-bond donors (Lipinski definition) is 2. The second kappa shape index (κ2) is 5.29. The quantitative estimate of drug-likeness (QED) is 0.602. The molecule has 2 aromatic heterocycles. The fraction of sp³-hybridized carbons (Fsp3) is 0. The zero-order chi connectivity index (χ0) is 14.8. The maximum Gasteiger partial charge on any atom is 0.227 e. The van der Waals surface area contributed by atoms with Crippen LogP contribution in [0.15, 0.2) is 67.0 Å². The Kier molecular flexibility index (Phi) is 3.01. The molecule has 0 unspecified atom stereocenters. The molecular weight excluding hydrogens is 274 g/mol. The molecular formula is C17H13N5. The summed E-state index contributed by atoms with van der Waals surface area (Å²) in [7, 11) is 0. The molecule has 0 aliphatic heterocycles. The largest absolute Gasteiger partial charge is 0.324 e. The van der Waals surface area contributed by atoms with Gasteiger partial charge in [0.15, 0.2) is 0 Å². The molecule has 5 nitrogen and oxygen atoms in total. The monoisotopic (exact) mass is 287 g/mol. The molecule has 106 valence electrons. The Morgan fingerprint density at radius 2 is 1.86 bits per heavy atom. The lowest BCUT2D eigenvalue weighted by Gasteiger charge is -2.06. The first-order valence-electron chi connectivity index (χ1n) is 6.97. The van der Waals surface area contributed by atoms with Gasteiger partial charge in [-0.1, -0.05) is 30.3 Å². The summed E-state index contributed by atoms with van der Waals surface area (Å²) in [6.45, 7) is 0. The number of hydrogen-bond acceptors (Lipinski definition) is 4. The summed E-state index contributed by atoms with van der Waals surface area (Å²) in [5.74, 6) is 0.570. The molecule has 5 heteroatoms. The second-order valence-electron chi connectivity index (χ2n) is 4.93. The summed E-state index contributed by atoms with van der Waals surface area (Å²) >= 11 is 0. The molecule has 0 aliphatic carbocycles. The van der Waals surface area contributed by atoms with Gasteiger partial charge < -0.3 is 5.32 Å². The standard InChI is InChI=1S/C17H13N5/c1-2-4-12(5-3-1)15-8-9-18-17(21-15)20-14-7-6-13-11-19-22-16(13)10-14/h1-11H,(H,19,22)(H,18,20,21). The smallest absolute Gasteiger partial charge is 0.227 e. The van der Waals surface area contributed by atoms with Gasteiger partial charge in [0, 0.05) is 22.8 Å². The maximum atomic E-state index is 4.56. The number of nitrogens with one attached hydrogen (secondary N) is 2. The molecule has 0 spiro atoms. The molecule has 0 radical (unpaired) electrons. The minimum atomic E-state index is 0.570. The van der Waals surface area contributed by atoms with Gasteiger partial charge in [-0.2, -0.15) is 5.10 Å². The van der Waals surface area contributed by atoms with Crippen LogP contribution < -0.4 is 5.32 Å². The Hall–Kier alpha value is -3.21. The van der Waals surface area contributed by atoms with E-state index in [2.05, 4.69) is 25.5 Å². The lowest BCUT2D eigenvalue weighted by Crippen LogP contribution is -1.97. The van der Waals surface area contributed by atoms with Gasteiger partial charge in [-0.3, -0.25) is 5.10 Å². The van der Waals surface area contributed by atoms with E-state index in [0.29, 0.717) is 5.95 Å². The molecule has 2 N–H and O–H groups in total. The SMILES string of the molecule is c1ccc(-c2ccnc(Nc3ccc4cn[nH]c4c3)n2)cc1. The Bertz CT molecular complexity index is 914. The predicted octanol–water partition coefficient (Wildman–Crippen LogP) is 3.76. The fourth-order valence-corrected chi connectivity index (χ4v) is 2.33. The summed E-state index contributed by atoms with van der Waals surface area (Å²) in [4.78, 5) is 8.84. The van der Waals surface area contributed by atoms with Crippen molar-refractivity contribution < 1.29 is 0 Å². The maximum absolute atomic E-state index is 4.56. The summed E-state index contributed by atoms with van der Waals surface area (Å²) < 4.78 is 0. The van der Waals surface area contributed by atoms with Gasteiger partial charge in [0.25, 0.3) is 0 Å². The molecule has 4 aromatic rings. The van der Waals surface area contributed by atoms with Crippen molar-refractivity contribution in [3.05, 3.63) is 67.0 Å².